The van der Waals surface area contributed by atoms with E-state index < -0.39 is 34.8 Å². The van der Waals surface area contributed by atoms with E-state index in [0.29, 0.717) is 49.4 Å². The Balaban J connectivity index is 1.36. The number of aliphatic hydroxyl groups is 1. The minimum absolute atomic E-state index is 0.0315. The first kappa shape index (κ1) is 27.0. The van der Waals surface area contributed by atoms with Crippen molar-refractivity contribution < 1.29 is 23.8 Å². The number of fused-ring (bicyclic) bond motifs is 3. The predicted molar refractivity (Wildman–Crippen MR) is 137 cm³/mol. The summed E-state index contributed by atoms with van der Waals surface area (Å²) in [5.74, 6) is -1.08. The van der Waals surface area contributed by atoms with Gasteiger partial charge >= 0.3 is 0 Å². The molecule has 2 amide bonds. The first-order valence-corrected chi connectivity index (χ1v) is 13.1. The van der Waals surface area contributed by atoms with Gasteiger partial charge in [0.15, 0.2) is 6.61 Å². The molecule has 3 N–H and O–H groups in total. The molecule has 6 nitrogen and oxygen atoms in total. The number of hydrogen-bond acceptors (Lipinski definition) is 4. The van der Waals surface area contributed by atoms with Crippen LogP contribution in [0.5, 0.6) is 5.75 Å². The van der Waals surface area contributed by atoms with Gasteiger partial charge in [-0.3, -0.25) is 9.59 Å². The van der Waals surface area contributed by atoms with Crippen LogP contribution in [0, 0.1) is 5.82 Å². The van der Waals surface area contributed by atoms with E-state index in [2.05, 4.69) is 10.6 Å². The maximum Gasteiger partial charge on any atom is 0.258 e. The zero-order valence-corrected chi connectivity index (χ0v) is 21.8. The molecule has 0 aliphatic heterocycles. The van der Waals surface area contributed by atoms with Crippen LogP contribution in [-0.4, -0.2) is 46.6 Å². The standard InChI is InChI=1S/C26H28Cl3FN2O4/c27-12-7-19(16-1-3-17(28)4-2-16)24(35)32-25-8-10-26(11-9-25,22(33)14-25)31-23(34)15-36-18-5-6-20(29)21(30)13-18/h1-6,13,19,22,33H,7-12,14-15H2,(H,31,34)(H,32,35)/t19?,22-,25?,26?/m1/s1. The topological polar surface area (TPSA) is 87.7 Å². The van der Waals surface area contributed by atoms with E-state index in [-0.39, 0.29) is 23.3 Å². The molecule has 2 aromatic rings. The van der Waals surface area contributed by atoms with Crippen LogP contribution in [0.2, 0.25) is 10.0 Å². The van der Waals surface area contributed by atoms with Gasteiger partial charge in [0.2, 0.25) is 5.91 Å². The minimum atomic E-state index is -0.834. The Morgan fingerprint density at radius 1 is 1.08 bits per heavy atom. The molecule has 3 aliphatic rings. The molecule has 194 valence electrons. The van der Waals surface area contributed by atoms with E-state index in [1.165, 1.54) is 12.1 Å². The van der Waals surface area contributed by atoms with Crippen molar-refractivity contribution in [1.82, 2.24) is 10.6 Å². The van der Waals surface area contributed by atoms with E-state index >= 15 is 0 Å². The Labute approximate surface area is 224 Å². The van der Waals surface area contributed by atoms with Crippen molar-refractivity contribution in [2.75, 3.05) is 12.5 Å². The van der Waals surface area contributed by atoms with Gasteiger partial charge in [0.25, 0.3) is 5.91 Å². The number of aliphatic hydroxyl groups excluding tert-OH is 1. The third-order valence-corrected chi connectivity index (χ3v) is 8.12. The summed E-state index contributed by atoms with van der Waals surface area (Å²) in [5, 5.41) is 17.7. The summed E-state index contributed by atoms with van der Waals surface area (Å²) >= 11 is 17.7. The second-order valence-corrected chi connectivity index (χ2v) is 10.9. The molecule has 0 radical (unpaired) electrons. The molecule has 3 fully saturated rings. The van der Waals surface area contributed by atoms with Crippen molar-refractivity contribution in [3.05, 3.63) is 63.9 Å². The fraction of sp³-hybridized carbons (Fsp3) is 0.462. The van der Waals surface area contributed by atoms with Crippen molar-refractivity contribution in [2.45, 2.75) is 61.6 Å². The van der Waals surface area contributed by atoms with Gasteiger partial charge in [-0.1, -0.05) is 35.3 Å². The second-order valence-electron chi connectivity index (χ2n) is 9.64. The predicted octanol–water partition coefficient (Wildman–Crippen LogP) is 4.97. The smallest absolute Gasteiger partial charge is 0.258 e. The number of amides is 2. The van der Waals surface area contributed by atoms with Crippen LogP contribution >= 0.6 is 34.8 Å². The van der Waals surface area contributed by atoms with Crippen molar-refractivity contribution in [1.29, 1.82) is 0 Å². The first-order chi connectivity index (χ1) is 17.2. The third-order valence-electron chi connectivity index (χ3n) is 7.35. The highest BCUT2D eigenvalue weighted by atomic mass is 35.5. The van der Waals surface area contributed by atoms with Gasteiger partial charge in [0.1, 0.15) is 11.6 Å². The quantitative estimate of drug-likeness (QED) is 0.380. The van der Waals surface area contributed by atoms with Gasteiger partial charge in [-0.15, -0.1) is 11.6 Å². The first-order valence-electron chi connectivity index (χ1n) is 11.9. The minimum Gasteiger partial charge on any atom is -0.484 e. The van der Waals surface area contributed by atoms with E-state index in [9.17, 15) is 19.1 Å². The Hall–Kier alpha value is -2.06. The molecule has 0 spiro atoms. The van der Waals surface area contributed by atoms with Crippen LogP contribution in [0.25, 0.3) is 0 Å². The van der Waals surface area contributed by atoms with Crippen LogP contribution in [0.1, 0.15) is 50.0 Å². The highest BCUT2D eigenvalue weighted by Crippen LogP contribution is 2.47. The molecule has 2 bridgehead atoms. The lowest BCUT2D eigenvalue weighted by Gasteiger charge is -2.56. The molecule has 0 aromatic heterocycles. The van der Waals surface area contributed by atoms with Crippen LogP contribution in [0.3, 0.4) is 0 Å². The summed E-state index contributed by atoms with van der Waals surface area (Å²) in [6.07, 6.45) is 2.23. The molecule has 5 rings (SSSR count). The Morgan fingerprint density at radius 2 is 1.78 bits per heavy atom. The molecule has 36 heavy (non-hydrogen) atoms. The Bertz CT molecular complexity index is 1110. The Kier molecular flexibility index (Phi) is 8.35. The molecule has 3 aliphatic carbocycles. The Morgan fingerprint density at radius 3 is 2.39 bits per heavy atom. The molecule has 2 atom stereocenters. The summed E-state index contributed by atoms with van der Waals surface area (Å²) in [6.45, 7) is -0.321. The van der Waals surface area contributed by atoms with Gasteiger partial charge < -0.3 is 20.5 Å². The number of halogens is 4. The van der Waals surface area contributed by atoms with Crippen molar-refractivity contribution in [3.63, 3.8) is 0 Å². The highest BCUT2D eigenvalue weighted by molar-refractivity contribution is 6.31. The molecule has 1 unspecified atom stereocenters. The number of alkyl halides is 1. The molecule has 3 saturated carbocycles. The number of rotatable bonds is 9. The molecule has 0 heterocycles. The maximum absolute atomic E-state index is 13.6. The highest BCUT2D eigenvalue weighted by Gasteiger charge is 2.55. The summed E-state index contributed by atoms with van der Waals surface area (Å²) < 4.78 is 19.0. The summed E-state index contributed by atoms with van der Waals surface area (Å²) in [6, 6.07) is 11.1. The fourth-order valence-electron chi connectivity index (χ4n) is 5.29. The maximum atomic E-state index is 13.6. The summed E-state index contributed by atoms with van der Waals surface area (Å²) in [7, 11) is 0. The van der Waals surface area contributed by atoms with Crippen LogP contribution in [0.4, 0.5) is 4.39 Å². The van der Waals surface area contributed by atoms with Crippen LogP contribution < -0.4 is 15.4 Å². The number of ether oxygens (including phenoxy) is 1. The molecule has 2 aromatic carbocycles. The monoisotopic (exact) mass is 556 g/mol. The summed E-state index contributed by atoms with van der Waals surface area (Å²) in [5.41, 5.74) is -0.496. The van der Waals surface area contributed by atoms with Crippen LogP contribution in [0.15, 0.2) is 42.5 Å². The summed E-state index contributed by atoms with van der Waals surface area (Å²) in [4.78, 5) is 25.9. The normalized spacial score (nSPS) is 25.8. The van der Waals surface area contributed by atoms with E-state index in [1.807, 2.05) is 12.1 Å². The van der Waals surface area contributed by atoms with Gasteiger partial charge in [-0.05, 0) is 68.4 Å². The van der Waals surface area contributed by atoms with Crippen molar-refractivity contribution >= 4 is 46.6 Å². The lowest BCUT2D eigenvalue weighted by molar-refractivity contribution is -0.136. The molecule has 0 saturated heterocycles. The number of hydrogen-bond donors (Lipinski definition) is 3. The van der Waals surface area contributed by atoms with E-state index in [4.69, 9.17) is 39.5 Å². The second kappa shape index (κ2) is 11.1. The number of carbonyl (C=O) groups excluding carboxylic acids is 2. The van der Waals surface area contributed by atoms with Crippen molar-refractivity contribution in [2.24, 2.45) is 0 Å². The average Bonchev–Trinajstić information content (AvgIpc) is 2.85. The molecular formula is C26H28Cl3FN2O4. The largest absolute Gasteiger partial charge is 0.484 e. The van der Waals surface area contributed by atoms with Gasteiger partial charge in [-0.25, -0.2) is 4.39 Å². The molecule has 10 heteroatoms. The zero-order chi connectivity index (χ0) is 25.9. The van der Waals surface area contributed by atoms with E-state index in [1.54, 1.807) is 12.1 Å². The lowest BCUT2D eigenvalue weighted by Crippen LogP contribution is -2.70. The average molecular weight is 558 g/mol. The number of nitrogens with one attached hydrogen (secondary N) is 2. The van der Waals surface area contributed by atoms with Gasteiger partial charge in [0.05, 0.1) is 22.6 Å². The number of benzene rings is 2. The van der Waals surface area contributed by atoms with Crippen LogP contribution in [-0.2, 0) is 9.59 Å². The van der Waals surface area contributed by atoms with Gasteiger partial charge in [0, 0.05) is 22.5 Å². The zero-order valence-electron chi connectivity index (χ0n) is 19.5. The van der Waals surface area contributed by atoms with E-state index in [0.717, 1.165) is 11.6 Å². The number of carbonyl (C=O) groups is 2. The van der Waals surface area contributed by atoms with Crippen molar-refractivity contribution in [3.8, 4) is 5.75 Å². The SMILES string of the molecule is O=C(COc1ccc(Cl)c(F)c1)NC12CCC(NC(=O)C(CCCl)c3ccc(Cl)cc3)(CC1)C[C@H]2O. The van der Waals surface area contributed by atoms with Gasteiger partial charge in [-0.2, -0.15) is 0 Å². The molecular weight excluding hydrogens is 530 g/mol. The fourth-order valence-corrected chi connectivity index (χ4v) is 5.75. The lowest BCUT2D eigenvalue weighted by atomic mass is 9.59. The third kappa shape index (κ3) is 5.91.